The lowest BCUT2D eigenvalue weighted by Crippen LogP contribution is -2.00. The molecule has 0 aliphatic carbocycles. The fraction of sp³-hybridized carbons (Fsp3) is 0.143. The van der Waals surface area contributed by atoms with E-state index in [-0.39, 0.29) is 0 Å². The van der Waals surface area contributed by atoms with Crippen molar-refractivity contribution in [1.82, 2.24) is 0 Å². The summed E-state index contributed by atoms with van der Waals surface area (Å²) in [4.78, 5) is 0. The van der Waals surface area contributed by atoms with E-state index in [4.69, 9.17) is 18.9 Å². The molecule has 0 radical (unpaired) electrons. The molecule has 5 nitrogen and oxygen atoms in total. The zero-order valence-corrected chi connectivity index (χ0v) is 22.8. The van der Waals surface area contributed by atoms with Crippen LogP contribution in [-0.2, 0) is 13.2 Å². The quantitative estimate of drug-likeness (QED) is 0.175. The molecule has 4 rings (SSSR count). The summed E-state index contributed by atoms with van der Waals surface area (Å²) in [6, 6.07) is 31.0. The van der Waals surface area contributed by atoms with Crippen LogP contribution in [0.3, 0.4) is 0 Å². The van der Waals surface area contributed by atoms with Crippen LogP contribution in [0.1, 0.15) is 42.2 Å². The number of hydrogen-bond acceptors (Lipinski definition) is 5. The average molecular weight is 535 g/mol. The average Bonchev–Trinajstić information content (AvgIpc) is 3.01. The van der Waals surface area contributed by atoms with Crippen LogP contribution in [0.15, 0.2) is 128 Å². The highest BCUT2D eigenvalue weighted by Gasteiger charge is 2.13. The molecule has 0 fully saturated rings. The van der Waals surface area contributed by atoms with Gasteiger partial charge in [-0.15, -0.1) is 0 Å². The van der Waals surface area contributed by atoms with Gasteiger partial charge in [-0.3, -0.25) is 0 Å². The summed E-state index contributed by atoms with van der Waals surface area (Å²) in [6.45, 7) is 4.59. The molecule has 1 unspecified atom stereocenters. The Morgan fingerprint density at radius 3 is 1.93 bits per heavy atom. The van der Waals surface area contributed by atoms with E-state index >= 15 is 0 Å². The summed E-state index contributed by atoms with van der Waals surface area (Å²) >= 11 is 0. The molecule has 0 aliphatic heterocycles. The van der Waals surface area contributed by atoms with Crippen molar-refractivity contribution in [1.29, 1.82) is 0 Å². The van der Waals surface area contributed by atoms with Crippen molar-refractivity contribution >= 4 is 6.08 Å². The lowest BCUT2D eigenvalue weighted by molar-refractivity contribution is 0.225. The number of rotatable bonds is 13. The fourth-order valence-corrected chi connectivity index (χ4v) is 3.86. The lowest BCUT2D eigenvalue weighted by atomic mass is 10.1. The lowest BCUT2D eigenvalue weighted by Gasteiger charge is -2.15. The minimum Gasteiger partial charge on any atom is -0.489 e. The second-order valence-corrected chi connectivity index (χ2v) is 8.93. The van der Waals surface area contributed by atoms with Gasteiger partial charge >= 0.3 is 0 Å². The van der Waals surface area contributed by atoms with Crippen molar-refractivity contribution in [3.05, 3.63) is 150 Å². The topological polar surface area (TPSA) is 57.2 Å². The smallest absolute Gasteiger partial charge is 0.136 e. The van der Waals surface area contributed by atoms with E-state index in [1.807, 2.05) is 98.8 Å². The van der Waals surface area contributed by atoms with Gasteiger partial charge in [0.05, 0.1) is 12.5 Å². The molecule has 0 bridgehead atoms. The van der Waals surface area contributed by atoms with Crippen LogP contribution < -0.4 is 18.9 Å². The summed E-state index contributed by atoms with van der Waals surface area (Å²) < 4.78 is 23.6. The molecule has 0 amide bonds. The molecule has 5 heteroatoms. The minimum absolute atomic E-state index is 0.404. The maximum Gasteiger partial charge on any atom is 0.136 e. The van der Waals surface area contributed by atoms with E-state index < -0.39 is 6.10 Å². The van der Waals surface area contributed by atoms with Gasteiger partial charge in [0.25, 0.3) is 0 Å². The zero-order valence-electron chi connectivity index (χ0n) is 22.8. The van der Waals surface area contributed by atoms with Gasteiger partial charge in [0, 0.05) is 23.3 Å². The summed E-state index contributed by atoms with van der Waals surface area (Å²) in [6.07, 6.45) is 9.37. The molecule has 0 saturated carbocycles. The van der Waals surface area contributed by atoms with Crippen molar-refractivity contribution in [3.8, 4) is 23.0 Å². The highest BCUT2D eigenvalue weighted by Crippen LogP contribution is 2.33. The molecule has 40 heavy (non-hydrogen) atoms. The normalized spacial score (nSPS) is 12.2. The van der Waals surface area contributed by atoms with Crippen LogP contribution in [-0.4, -0.2) is 5.11 Å². The Morgan fingerprint density at radius 1 is 0.650 bits per heavy atom. The molecule has 0 saturated heterocycles. The van der Waals surface area contributed by atoms with Crippen LogP contribution in [0, 0.1) is 0 Å². The summed E-state index contributed by atoms with van der Waals surface area (Å²) in [5.74, 6) is 2.46. The molecule has 204 valence electrons. The standard InChI is InChI=1S/C35H34O5/c1-3-21-37-30-18-19-32(35(24-30)38-22-4-2)33(36)20-16-29-15-17-31(39-25-27-11-7-5-8-12-27)23-34(29)40-26-28-13-9-6-10-14-28/h3-24,33,36H,25-26H2,1-2H3. The molecular weight excluding hydrogens is 500 g/mol. The molecule has 0 aromatic heterocycles. The molecule has 1 atom stereocenters. The van der Waals surface area contributed by atoms with Crippen LogP contribution in [0.5, 0.6) is 23.0 Å². The third-order valence-electron chi connectivity index (χ3n) is 5.90. The maximum atomic E-state index is 11.1. The Labute approximate surface area is 236 Å². The maximum absolute atomic E-state index is 11.1. The molecule has 1 N–H and O–H groups in total. The Balaban J connectivity index is 1.56. The van der Waals surface area contributed by atoms with Gasteiger partial charge < -0.3 is 24.1 Å². The number of aliphatic hydroxyl groups is 1. The van der Waals surface area contributed by atoms with Crippen LogP contribution in [0.4, 0.5) is 0 Å². The zero-order chi connectivity index (χ0) is 28.0. The molecule has 0 heterocycles. The van der Waals surface area contributed by atoms with Crippen molar-refractivity contribution < 1.29 is 24.1 Å². The second-order valence-electron chi connectivity index (χ2n) is 8.93. The number of hydrogen-bond donors (Lipinski definition) is 1. The van der Waals surface area contributed by atoms with Gasteiger partial charge in [-0.1, -0.05) is 85.0 Å². The Kier molecular flexibility index (Phi) is 10.6. The third kappa shape index (κ3) is 8.38. The number of ether oxygens (including phenoxy) is 4. The van der Waals surface area contributed by atoms with Gasteiger partial charge in [-0.2, -0.15) is 0 Å². The first-order chi connectivity index (χ1) is 19.7. The highest BCUT2D eigenvalue weighted by atomic mass is 16.5. The Hall–Kier alpha value is -4.74. The third-order valence-corrected chi connectivity index (χ3v) is 5.90. The molecule has 4 aromatic rings. The van der Waals surface area contributed by atoms with E-state index in [9.17, 15) is 5.11 Å². The molecule has 0 aliphatic rings. The SMILES string of the molecule is CC=COc1ccc(C(O)C=Cc2ccc(OCc3ccccc3)cc2OCc2ccccc2)c(OC=CC)c1. The minimum atomic E-state index is -0.924. The summed E-state index contributed by atoms with van der Waals surface area (Å²) in [5.41, 5.74) is 3.56. The Bertz CT molecular complexity index is 1430. The van der Waals surface area contributed by atoms with Gasteiger partial charge in [-0.25, -0.2) is 0 Å². The summed E-state index contributed by atoms with van der Waals surface area (Å²) in [5, 5.41) is 11.1. The van der Waals surface area contributed by atoms with Crippen molar-refractivity contribution in [2.24, 2.45) is 0 Å². The van der Waals surface area contributed by atoms with Crippen molar-refractivity contribution in [2.45, 2.75) is 33.2 Å². The highest BCUT2D eigenvalue weighted by molar-refractivity contribution is 5.60. The van der Waals surface area contributed by atoms with Gasteiger partial charge in [0.1, 0.15) is 42.3 Å². The van der Waals surface area contributed by atoms with E-state index in [1.165, 1.54) is 0 Å². The number of benzene rings is 4. The van der Waals surface area contributed by atoms with E-state index in [0.29, 0.717) is 41.8 Å². The van der Waals surface area contributed by atoms with Gasteiger partial charge in [-0.05, 0) is 49.2 Å². The first-order valence-corrected chi connectivity index (χ1v) is 13.2. The van der Waals surface area contributed by atoms with E-state index in [1.54, 1.807) is 49.0 Å². The first-order valence-electron chi connectivity index (χ1n) is 13.2. The fourth-order valence-electron chi connectivity index (χ4n) is 3.86. The molecule has 0 spiro atoms. The number of aliphatic hydroxyl groups excluding tert-OH is 1. The largest absolute Gasteiger partial charge is 0.489 e. The molecular formula is C35H34O5. The molecule has 4 aromatic carbocycles. The van der Waals surface area contributed by atoms with Gasteiger partial charge in [0.15, 0.2) is 0 Å². The van der Waals surface area contributed by atoms with Gasteiger partial charge in [0.2, 0.25) is 0 Å². The monoisotopic (exact) mass is 534 g/mol. The van der Waals surface area contributed by atoms with Crippen LogP contribution >= 0.6 is 0 Å². The first kappa shape index (κ1) is 28.3. The van der Waals surface area contributed by atoms with Crippen LogP contribution in [0.2, 0.25) is 0 Å². The Morgan fingerprint density at radius 2 is 1.25 bits per heavy atom. The second kappa shape index (κ2) is 15.0. The van der Waals surface area contributed by atoms with Crippen molar-refractivity contribution in [2.75, 3.05) is 0 Å². The van der Waals surface area contributed by atoms with Crippen molar-refractivity contribution in [3.63, 3.8) is 0 Å². The van der Waals surface area contributed by atoms with E-state index in [0.717, 1.165) is 16.7 Å². The van der Waals surface area contributed by atoms with Crippen LogP contribution in [0.25, 0.3) is 6.08 Å². The summed E-state index contributed by atoms with van der Waals surface area (Å²) in [7, 11) is 0. The predicted molar refractivity (Wildman–Crippen MR) is 159 cm³/mol. The van der Waals surface area contributed by atoms with E-state index in [2.05, 4.69) is 0 Å². The predicted octanol–water partition coefficient (Wildman–Crippen LogP) is 8.42. The number of allylic oxidation sites excluding steroid dienone is 2.